The van der Waals surface area contributed by atoms with Gasteiger partial charge in [0.2, 0.25) is 0 Å². The summed E-state index contributed by atoms with van der Waals surface area (Å²) in [6, 6.07) is 17.5. The molecule has 3 rings (SSSR count). The predicted octanol–water partition coefficient (Wildman–Crippen LogP) is 4.06. The Bertz CT molecular complexity index is 589. The number of para-hydroxylation sites is 1. The zero-order valence-corrected chi connectivity index (χ0v) is 13.3. The molecule has 1 aliphatic rings. The van der Waals surface area contributed by atoms with Crippen molar-refractivity contribution in [2.75, 3.05) is 12.8 Å². The normalized spacial score (nSPS) is 18.1. The van der Waals surface area contributed by atoms with Gasteiger partial charge in [0.1, 0.15) is 11.9 Å². The third kappa shape index (κ3) is 3.42. The molecular formula is C18H21NOS. The van der Waals surface area contributed by atoms with Gasteiger partial charge in [0, 0.05) is 23.1 Å². The van der Waals surface area contributed by atoms with Gasteiger partial charge in [0.25, 0.3) is 0 Å². The average Bonchev–Trinajstić information content (AvgIpc) is 2.95. The summed E-state index contributed by atoms with van der Waals surface area (Å²) in [6.45, 7) is 2.18. The number of benzene rings is 2. The quantitative estimate of drug-likeness (QED) is 0.841. The fraction of sp³-hybridized carbons (Fsp3) is 0.333. The molecule has 0 amide bonds. The molecule has 0 aliphatic carbocycles. The lowest BCUT2D eigenvalue weighted by molar-refractivity contribution is 0.259. The smallest absolute Gasteiger partial charge is 0.123 e. The Balaban J connectivity index is 1.59. The molecule has 2 atom stereocenters. The van der Waals surface area contributed by atoms with Gasteiger partial charge in [-0.05, 0) is 43.3 Å². The summed E-state index contributed by atoms with van der Waals surface area (Å²) in [7, 11) is 1.99. The summed E-state index contributed by atoms with van der Waals surface area (Å²) in [5.74, 6) is 2.05. The van der Waals surface area contributed by atoms with Crippen LogP contribution in [0.2, 0.25) is 0 Å². The second kappa shape index (κ2) is 6.54. The van der Waals surface area contributed by atoms with Gasteiger partial charge in [-0.2, -0.15) is 0 Å². The highest BCUT2D eigenvalue weighted by atomic mass is 32.2. The lowest BCUT2D eigenvalue weighted by Gasteiger charge is -2.13. The molecule has 0 spiro atoms. The van der Waals surface area contributed by atoms with E-state index < -0.39 is 0 Å². The first-order chi connectivity index (χ1) is 10.3. The first kappa shape index (κ1) is 14.5. The first-order valence-electron chi connectivity index (χ1n) is 7.41. The molecule has 21 heavy (non-hydrogen) atoms. The van der Waals surface area contributed by atoms with E-state index in [-0.39, 0.29) is 6.10 Å². The van der Waals surface area contributed by atoms with Gasteiger partial charge in [-0.25, -0.2) is 0 Å². The predicted molar refractivity (Wildman–Crippen MR) is 89.2 cm³/mol. The van der Waals surface area contributed by atoms with E-state index in [9.17, 15) is 0 Å². The number of hydrogen-bond donors (Lipinski definition) is 1. The van der Waals surface area contributed by atoms with Gasteiger partial charge in [-0.3, -0.25) is 0 Å². The third-order valence-electron chi connectivity index (χ3n) is 3.94. The van der Waals surface area contributed by atoms with Gasteiger partial charge in [-0.1, -0.05) is 30.3 Å². The van der Waals surface area contributed by atoms with E-state index in [1.54, 1.807) is 0 Å². The molecule has 3 heteroatoms. The van der Waals surface area contributed by atoms with Crippen LogP contribution < -0.4 is 10.1 Å². The van der Waals surface area contributed by atoms with Gasteiger partial charge in [-0.15, -0.1) is 11.8 Å². The largest absolute Gasteiger partial charge is 0.489 e. The van der Waals surface area contributed by atoms with Crippen LogP contribution in [-0.2, 0) is 6.42 Å². The lowest BCUT2D eigenvalue weighted by atomic mass is 10.1. The number of rotatable bonds is 5. The molecule has 0 saturated heterocycles. The van der Waals surface area contributed by atoms with E-state index in [4.69, 9.17) is 4.74 Å². The van der Waals surface area contributed by atoms with Crippen LogP contribution in [0.15, 0.2) is 53.4 Å². The molecule has 0 radical (unpaired) electrons. The highest BCUT2D eigenvalue weighted by Gasteiger charge is 2.22. The average molecular weight is 299 g/mol. The molecule has 2 unspecified atom stereocenters. The van der Waals surface area contributed by atoms with Gasteiger partial charge >= 0.3 is 0 Å². The Labute approximate surface area is 130 Å². The van der Waals surface area contributed by atoms with E-state index in [0.29, 0.717) is 6.04 Å². The van der Waals surface area contributed by atoms with E-state index in [0.717, 1.165) is 17.9 Å². The lowest BCUT2D eigenvalue weighted by Crippen LogP contribution is -2.16. The minimum absolute atomic E-state index is 0.290. The second-order valence-corrected chi connectivity index (χ2v) is 6.54. The van der Waals surface area contributed by atoms with Crippen molar-refractivity contribution < 1.29 is 4.74 Å². The Hall–Kier alpha value is -1.45. The van der Waals surface area contributed by atoms with Crippen LogP contribution in [0.5, 0.6) is 5.75 Å². The molecule has 1 aliphatic heterocycles. The molecule has 2 aromatic rings. The van der Waals surface area contributed by atoms with Crippen LogP contribution in [0.1, 0.15) is 24.1 Å². The first-order valence-corrected chi connectivity index (χ1v) is 8.39. The minimum Gasteiger partial charge on any atom is -0.489 e. The second-order valence-electron chi connectivity index (χ2n) is 5.45. The summed E-state index contributed by atoms with van der Waals surface area (Å²) in [5, 5.41) is 3.28. The van der Waals surface area contributed by atoms with Crippen molar-refractivity contribution in [1.29, 1.82) is 0 Å². The molecule has 0 saturated carbocycles. The molecule has 110 valence electrons. The highest BCUT2D eigenvalue weighted by Crippen LogP contribution is 2.31. The van der Waals surface area contributed by atoms with Crippen LogP contribution in [0.4, 0.5) is 0 Å². The molecule has 2 aromatic carbocycles. The highest BCUT2D eigenvalue weighted by molar-refractivity contribution is 7.99. The van der Waals surface area contributed by atoms with E-state index in [2.05, 4.69) is 54.7 Å². The maximum atomic E-state index is 5.99. The molecule has 1 heterocycles. The Morgan fingerprint density at radius 2 is 2.10 bits per heavy atom. The molecular weight excluding hydrogens is 278 g/mol. The van der Waals surface area contributed by atoms with Crippen LogP contribution >= 0.6 is 11.8 Å². The molecule has 2 nitrogen and oxygen atoms in total. The summed E-state index contributed by atoms with van der Waals surface area (Å²) < 4.78 is 5.99. The van der Waals surface area contributed by atoms with Crippen LogP contribution in [0.25, 0.3) is 0 Å². The Morgan fingerprint density at radius 3 is 2.90 bits per heavy atom. The van der Waals surface area contributed by atoms with Crippen molar-refractivity contribution in [1.82, 2.24) is 5.32 Å². The maximum Gasteiger partial charge on any atom is 0.123 e. The maximum absolute atomic E-state index is 5.99. The summed E-state index contributed by atoms with van der Waals surface area (Å²) in [4.78, 5) is 1.31. The number of thioether (sulfide) groups is 1. The number of nitrogens with one attached hydrogen (secondary N) is 1. The van der Waals surface area contributed by atoms with E-state index in [1.165, 1.54) is 16.0 Å². The fourth-order valence-electron chi connectivity index (χ4n) is 2.58. The van der Waals surface area contributed by atoms with Crippen molar-refractivity contribution in [3.05, 3.63) is 59.7 Å². The zero-order chi connectivity index (χ0) is 14.7. The van der Waals surface area contributed by atoms with Crippen molar-refractivity contribution in [3.63, 3.8) is 0 Å². The summed E-state index contributed by atoms with van der Waals surface area (Å²) in [5.41, 5.74) is 2.67. The van der Waals surface area contributed by atoms with E-state index >= 15 is 0 Å². The third-order valence-corrected chi connectivity index (χ3v) is 5.07. The van der Waals surface area contributed by atoms with Gasteiger partial charge in [0.05, 0.1) is 0 Å². The van der Waals surface area contributed by atoms with Gasteiger partial charge < -0.3 is 10.1 Å². The van der Waals surface area contributed by atoms with Crippen molar-refractivity contribution in [3.8, 4) is 5.75 Å². The number of ether oxygens (including phenoxy) is 1. The summed E-state index contributed by atoms with van der Waals surface area (Å²) in [6.07, 6.45) is 1.31. The van der Waals surface area contributed by atoms with Crippen LogP contribution in [0.3, 0.4) is 0 Å². The molecule has 0 fully saturated rings. The number of fused-ring (bicyclic) bond motifs is 1. The van der Waals surface area contributed by atoms with Crippen molar-refractivity contribution >= 4 is 11.8 Å². The topological polar surface area (TPSA) is 21.3 Å². The van der Waals surface area contributed by atoms with Crippen molar-refractivity contribution in [2.45, 2.75) is 30.4 Å². The monoisotopic (exact) mass is 299 g/mol. The Kier molecular flexibility index (Phi) is 4.51. The van der Waals surface area contributed by atoms with Crippen LogP contribution in [-0.4, -0.2) is 18.9 Å². The Morgan fingerprint density at radius 1 is 1.24 bits per heavy atom. The fourth-order valence-corrected chi connectivity index (χ4v) is 3.53. The minimum atomic E-state index is 0.290. The number of hydrogen-bond acceptors (Lipinski definition) is 3. The zero-order valence-electron chi connectivity index (χ0n) is 12.5. The van der Waals surface area contributed by atoms with Gasteiger partial charge in [0.15, 0.2) is 0 Å². The SMILES string of the molecule is CNC(C)c1cccc(SCC2Cc3ccccc3O2)c1. The van der Waals surface area contributed by atoms with Crippen molar-refractivity contribution in [2.24, 2.45) is 0 Å². The van der Waals surface area contributed by atoms with Crippen LogP contribution in [0, 0.1) is 0 Å². The molecule has 0 aromatic heterocycles. The molecule has 0 bridgehead atoms. The van der Waals surface area contributed by atoms with E-state index in [1.807, 2.05) is 24.9 Å². The molecule has 1 N–H and O–H groups in total. The summed E-state index contributed by atoms with van der Waals surface area (Å²) >= 11 is 1.88. The standard InChI is InChI=1S/C18H21NOS/c1-13(19-2)14-7-5-8-17(11-14)21-12-16-10-15-6-3-4-9-18(15)20-16/h3-9,11,13,16,19H,10,12H2,1-2H3.